The van der Waals surface area contributed by atoms with Gasteiger partial charge < -0.3 is 0 Å². The van der Waals surface area contributed by atoms with E-state index in [4.69, 9.17) is 4.98 Å². The third-order valence-corrected chi connectivity index (χ3v) is 9.17. The highest BCUT2D eigenvalue weighted by molar-refractivity contribution is 7.89. The predicted octanol–water partition coefficient (Wildman–Crippen LogP) is 4.69. The lowest BCUT2D eigenvalue weighted by atomic mass is 10.2. The van der Waals surface area contributed by atoms with Crippen LogP contribution in [0, 0.1) is 13.8 Å². The van der Waals surface area contributed by atoms with Crippen LogP contribution in [-0.2, 0) is 21.4 Å². The minimum atomic E-state index is -3.81. The number of rotatable bonds is 6. The second-order valence-corrected chi connectivity index (χ2v) is 11.7. The molecule has 35 heavy (non-hydrogen) atoms. The van der Waals surface area contributed by atoms with Crippen molar-refractivity contribution in [3.8, 4) is 0 Å². The number of nitrogens with zero attached hydrogens (tertiary/aromatic N) is 4. The molecule has 0 N–H and O–H groups in total. The van der Waals surface area contributed by atoms with Gasteiger partial charge in [0, 0.05) is 18.9 Å². The lowest BCUT2D eigenvalue weighted by Crippen LogP contribution is -2.47. The van der Waals surface area contributed by atoms with Gasteiger partial charge in [0.1, 0.15) is 6.04 Å². The van der Waals surface area contributed by atoms with E-state index in [0.717, 1.165) is 26.9 Å². The fraction of sp³-hybridized carbons (Fsp3) is 0.269. The monoisotopic (exact) mass is 506 g/mol. The number of aromatic nitrogens is 2. The third-order valence-electron chi connectivity index (χ3n) is 6.21. The van der Waals surface area contributed by atoms with Gasteiger partial charge in [-0.15, -0.1) is 0 Å². The summed E-state index contributed by atoms with van der Waals surface area (Å²) in [4.78, 5) is 24.7. The number of fused-ring (bicyclic) bond motifs is 1. The van der Waals surface area contributed by atoms with Crippen molar-refractivity contribution in [1.29, 1.82) is 0 Å². The van der Waals surface area contributed by atoms with E-state index in [1.165, 1.54) is 15.6 Å². The highest BCUT2D eigenvalue weighted by atomic mass is 32.2. The van der Waals surface area contributed by atoms with Crippen molar-refractivity contribution < 1.29 is 13.2 Å². The summed E-state index contributed by atoms with van der Waals surface area (Å²) < 4.78 is 29.3. The maximum atomic E-state index is 14.0. The van der Waals surface area contributed by atoms with Gasteiger partial charge in [0.05, 0.1) is 21.7 Å². The number of benzene rings is 2. The molecule has 1 saturated heterocycles. The van der Waals surface area contributed by atoms with Crippen LogP contribution in [0.1, 0.15) is 29.5 Å². The number of anilines is 1. The minimum Gasteiger partial charge on any atom is -0.282 e. The summed E-state index contributed by atoms with van der Waals surface area (Å²) in [5, 5.41) is 0.555. The molecule has 9 heteroatoms. The number of sulfonamides is 1. The van der Waals surface area contributed by atoms with E-state index < -0.39 is 16.1 Å². The van der Waals surface area contributed by atoms with Crippen molar-refractivity contribution in [1.82, 2.24) is 14.3 Å². The normalized spacial score (nSPS) is 16.6. The first-order valence-electron chi connectivity index (χ1n) is 11.5. The van der Waals surface area contributed by atoms with Crippen molar-refractivity contribution >= 4 is 42.6 Å². The molecule has 4 aromatic rings. The molecule has 0 bridgehead atoms. The molecule has 2 aromatic carbocycles. The fourth-order valence-corrected chi connectivity index (χ4v) is 7.07. The van der Waals surface area contributed by atoms with Crippen molar-refractivity contribution in [2.24, 2.45) is 0 Å². The quantitative estimate of drug-likeness (QED) is 0.379. The predicted molar refractivity (Wildman–Crippen MR) is 138 cm³/mol. The highest BCUT2D eigenvalue weighted by Gasteiger charge is 2.42. The number of amides is 1. The lowest BCUT2D eigenvalue weighted by Gasteiger charge is -2.28. The first-order valence-corrected chi connectivity index (χ1v) is 13.7. The first kappa shape index (κ1) is 23.6. The molecule has 7 nitrogen and oxygen atoms in total. The molecule has 0 radical (unpaired) electrons. The topological polar surface area (TPSA) is 83.5 Å². The van der Waals surface area contributed by atoms with Crippen LogP contribution in [0.25, 0.3) is 10.2 Å². The third kappa shape index (κ3) is 4.71. The molecule has 1 aliphatic heterocycles. The standard InChI is InChI=1S/C26H26N4O3S2/c1-18-7-10-21(11-8-18)35(32,33)30-14-4-6-23(30)25(31)29(17-20-5-3-13-27-16-20)26-28-22-12-9-19(2)15-24(22)34-26/h3,5,7-13,15-16,23H,4,6,14,17H2,1-2H3/t23-/m0/s1. The molecule has 0 spiro atoms. The van der Waals surface area contributed by atoms with Gasteiger partial charge >= 0.3 is 0 Å². The summed E-state index contributed by atoms with van der Waals surface area (Å²) in [6.07, 6.45) is 4.49. The number of hydrogen-bond acceptors (Lipinski definition) is 6. The van der Waals surface area contributed by atoms with Crippen LogP contribution in [-0.4, -0.2) is 41.2 Å². The fourth-order valence-electron chi connectivity index (χ4n) is 4.35. The van der Waals surface area contributed by atoms with Crippen LogP contribution in [0.5, 0.6) is 0 Å². The Morgan fingerprint density at radius 3 is 2.63 bits per heavy atom. The molecule has 0 aliphatic carbocycles. The molecule has 1 amide bonds. The van der Waals surface area contributed by atoms with E-state index in [9.17, 15) is 13.2 Å². The number of carbonyl (C=O) groups is 1. The Hall–Kier alpha value is -3.14. The average molecular weight is 507 g/mol. The molecular weight excluding hydrogens is 480 g/mol. The maximum absolute atomic E-state index is 14.0. The van der Waals surface area contributed by atoms with E-state index in [-0.39, 0.29) is 17.3 Å². The van der Waals surface area contributed by atoms with E-state index in [1.807, 2.05) is 44.2 Å². The zero-order chi connectivity index (χ0) is 24.6. The van der Waals surface area contributed by atoms with E-state index >= 15 is 0 Å². The van der Waals surface area contributed by atoms with Gasteiger partial charge in [0.25, 0.3) is 0 Å². The van der Waals surface area contributed by atoms with E-state index in [2.05, 4.69) is 4.98 Å². The van der Waals surface area contributed by atoms with Crippen LogP contribution in [0.2, 0.25) is 0 Å². The van der Waals surface area contributed by atoms with Crippen molar-refractivity contribution in [3.63, 3.8) is 0 Å². The highest BCUT2D eigenvalue weighted by Crippen LogP contribution is 2.34. The first-order chi connectivity index (χ1) is 16.8. The summed E-state index contributed by atoms with van der Waals surface area (Å²) >= 11 is 1.44. The molecule has 180 valence electrons. The van der Waals surface area contributed by atoms with Crippen LogP contribution in [0.3, 0.4) is 0 Å². The van der Waals surface area contributed by atoms with Gasteiger partial charge in [-0.1, -0.05) is 41.2 Å². The van der Waals surface area contributed by atoms with Crippen LogP contribution < -0.4 is 4.90 Å². The second kappa shape index (κ2) is 9.49. The Morgan fingerprint density at radius 1 is 1.11 bits per heavy atom. The summed E-state index contributed by atoms with van der Waals surface area (Å²) in [5.41, 5.74) is 3.76. The van der Waals surface area contributed by atoms with Gasteiger partial charge in [0.15, 0.2) is 5.13 Å². The Bertz CT molecular complexity index is 1470. The van der Waals surface area contributed by atoms with Gasteiger partial charge in [0.2, 0.25) is 15.9 Å². The Kier molecular flexibility index (Phi) is 6.39. The summed E-state index contributed by atoms with van der Waals surface area (Å²) in [5.74, 6) is -0.266. The molecule has 5 rings (SSSR count). The molecule has 2 aromatic heterocycles. The smallest absolute Gasteiger partial charge is 0.247 e. The number of hydrogen-bond donors (Lipinski definition) is 0. The number of thiazole rings is 1. The van der Waals surface area contributed by atoms with Crippen LogP contribution in [0.4, 0.5) is 5.13 Å². The number of aryl methyl sites for hydroxylation is 2. The van der Waals surface area contributed by atoms with E-state index in [1.54, 1.807) is 41.6 Å². The Morgan fingerprint density at radius 2 is 1.89 bits per heavy atom. The maximum Gasteiger partial charge on any atom is 0.247 e. The summed E-state index contributed by atoms with van der Waals surface area (Å²) in [6, 6.07) is 15.7. The Balaban J connectivity index is 1.52. The zero-order valence-electron chi connectivity index (χ0n) is 19.6. The van der Waals surface area contributed by atoms with Crippen molar-refractivity contribution in [3.05, 3.63) is 83.7 Å². The SMILES string of the molecule is Cc1ccc(S(=O)(=O)N2CCC[C@H]2C(=O)N(Cc2cccnc2)c2nc3ccc(C)cc3s2)cc1. The molecule has 1 fully saturated rings. The van der Waals surface area contributed by atoms with Crippen molar-refractivity contribution in [2.45, 2.75) is 44.2 Å². The molecular formula is C26H26N4O3S2. The largest absolute Gasteiger partial charge is 0.282 e. The van der Waals surface area contributed by atoms with Gasteiger partial charge in [-0.3, -0.25) is 14.7 Å². The van der Waals surface area contributed by atoms with E-state index in [0.29, 0.717) is 24.5 Å². The lowest BCUT2D eigenvalue weighted by molar-refractivity contribution is -0.121. The Labute approximate surface area is 209 Å². The second-order valence-electron chi connectivity index (χ2n) is 8.84. The molecule has 0 saturated carbocycles. The molecule has 3 heterocycles. The molecule has 1 aliphatic rings. The zero-order valence-corrected chi connectivity index (χ0v) is 21.2. The number of pyridine rings is 1. The van der Waals surface area contributed by atoms with Crippen LogP contribution in [0.15, 0.2) is 71.9 Å². The van der Waals surface area contributed by atoms with Crippen molar-refractivity contribution in [2.75, 3.05) is 11.4 Å². The average Bonchev–Trinajstić information content (AvgIpc) is 3.50. The van der Waals surface area contributed by atoms with Gasteiger partial charge in [-0.05, 0) is 68.1 Å². The number of carbonyl (C=O) groups excluding carboxylic acids is 1. The molecule has 0 unspecified atom stereocenters. The summed E-state index contributed by atoms with van der Waals surface area (Å²) in [6.45, 7) is 4.50. The van der Waals surface area contributed by atoms with Crippen LogP contribution >= 0.6 is 11.3 Å². The molecule has 1 atom stereocenters. The van der Waals surface area contributed by atoms with Gasteiger partial charge in [-0.25, -0.2) is 13.4 Å². The minimum absolute atomic E-state index is 0.206. The van der Waals surface area contributed by atoms with Gasteiger partial charge in [-0.2, -0.15) is 4.31 Å². The summed E-state index contributed by atoms with van der Waals surface area (Å²) in [7, 11) is -3.81.